The molecule has 2 aromatic carbocycles. The van der Waals surface area contributed by atoms with Crippen LogP contribution in [0.15, 0.2) is 48.5 Å². The van der Waals surface area contributed by atoms with Gasteiger partial charge in [-0.05, 0) is 35.2 Å². The fourth-order valence-corrected chi connectivity index (χ4v) is 2.41. The first-order chi connectivity index (χ1) is 11.0. The second kappa shape index (κ2) is 7.68. The summed E-state index contributed by atoms with van der Waals surface area (Å²) in [5.74, 6) is 0.607. The molecule has 0 fully saturated rings. The number of hydrogen-bond acceptors (Lipinski definition) is 3. The molecule has 0 saturated heterocycles. The van der Waals surface area contributed by atoms with E-state index >= 15 is 0 Å². The van der Waals surface area contributed by atoms with Crippen LogP contribution < -0.4 is 9.47 Å². The zero-order chi connectivity index (χ0) is 16.8. The number of hydrogen-bond donors (Lipinski definition) is 1. The molecule has 0 radical (unpaired) electrons. The van der Waals surface area contributed by atoms with Crippen molar-refractivity contribution in [2.75, 3.05) is 7.11 Å². The molecule has 0 heterocycles. The Balaban J connectivity index is 2.21. The molecule has 0 aliphatic heterocycles. The molecule has 4 heteroatoms. The lowest BCUT2D eigenvalue weighted by molar-refractivity contribution is -0.145. The van der Waals surface area contributed by atoms with Crippen molar-refractivity contribution in [3.63, 3.8) is 0 Å². The smallest absolute Gasteiger partial charge is 0.345 e. The van der Waals surface area contributed by atoms with Gasteiger partial charge in [0.05, 0.1) is 7.11 Å². The van der Waals surface area contributed by atoms with E-state index in [0.717, 1.165) is 11.1 Å². The average molecular weight is 314 g/mol. The van der Waals surface area contributed by atoms with Crippen LogP contribution in [-0.2, 0) is 11.2 Å². The number of para-hydroxylation sites is 1. The highest BCUT2D eigenvalue weighted by atomic mass is 16.5. The van der Waals surface area contributed by atoms with E-state index < -0.39 is 12.1 Å². The van der Waals surface area contributed by atoms with Crippen LogP contribution >= 0.6 is 0 Å². The molecule has 0 aliphatic rings. The summed E-state index contributed by atoms with van der Waals surface area (Å²) in [6, 6.07) is 14.9. The fraction of sp³-hybridized carbons (Fsp3) is 0.316. The minimum atomic E-state index is -0.980. The van der Waals surface area contributed by atoms with Crippen molar-refractivity contribution >= 4 is 5.97 Å². The highest BCUT2D eigenvalue weighted by Crippen LogP contribution is 2.27. The van der Waals surface area contributed by atoms with E-state index in [1.807, 2.05) is 48.5 Å². The lowest BCUT2D eigenvalue weighted by Gasteiger charge is -2.19. The van der Waals surface area contributed by atoms with Gasteiger partial charge in [-0.2, -0.15) is 0 Å². The zero-order valence-corrected chi connectivity index (χ0v) is 13.7. The van der Waals surface area contributed by atoms with Gasteiger partial charge in [0.15, 0.2) is 6.10 Å². The molecule has 0 aliphatic carbocycles. The predicted octanol–water partition coefficient (Wildman–Crippen LogP) is 3.89. The molecule has 0 amide bonds. The van der Waals surface area contributed by atoms with E-state index in [4.69, 9.17) is 9.47 Å². The topological polar surface area (TPSA) is 55.8 Å². The molecule has 2 rings (SSSR count). The van der Waals surface area contributed by atoms with Crippen molar-refractivity contribution in [1.29, 1.82) is 0 Å². The molecule has 4 nitrogen and oxygen atoms in total. The van der Waals surface area contributed by atoms with Crippen LogP contribution in [0.5, 0.6) is 11.5 Å². The number of rotatable bonds is 7. The first kappa shape index (κ1) is 16.9. The summed E-state index contributed by atoms with van der Waals surface area (Å²) in [7, 11) is 1.59. The average Bonchev–Trinajstić information content (AvgIpc) is 2.54. The van der Waals surface area contributed by atoms with Crippen molar-refractivity contribution < 1.29 is 19.4 Å². The molecular formula is C19H22O4. The van der Waals surface area contributed by atoms with E-state index in [1.54, 1.807) is 7.11 Å². The Bertz CT molecular complexity index is 664. The molecule has 1 atom stereocenters. The predicted molar refractivity (Wildman–Crippen MR) is 89.3 cm³/mol. The summed E-state index contributed by atoms with van der Waals surface area (Å²) in [6.45, 7) is 4.11. The zero-order valence-electron chi connectivity index (χ0n) is 13.7. The van der Waals surface area contributed by atoms with Gasteiger partial charge in [-0.25, -0.2) is 4.79 Å². The summed E-state index contributed by atoms with van der Waals surface area (Å²) >= 11 is 0. The van der Waals surface area contributed by atoms with Crippen molar-refractivity contribution in [3.8, 4) is 11.5 Å². The van der Waals surface area contributed by atoms with Gasteiger partial charge in [-0.1, -0.05) is 44.2 Å². The van der Waals surface area contributed by atoms with Gasteiger partial charge in [0, 0.05) is 6.42 Å². The third-order valence-electron chi connectivity index (χ3n) is 3.64. The van der Waals surface area contributed by atoms with Gasteiger partial charge < -0.3 is 14.6 Å². The van der Waals surface area contributed by atoms with Crippen LogP contribution in [0.25, 0.3) is 0 Å². The van der Waals surface area contributed by atoms with E-state index in [-0.39, 0.29) is 12.3 Å². The summed E-state index contributed by atoms with van der Waals surface area (Å²) < 4.78 is 11.0. The third-order valence-corrected chi connectivity index (χ3v) is 3.64. The lowest BCUT2D eigenvalue weighted by Crippen LogP contribution is -2.29. The second-order valence-electron chi connectivity index (χ2n) is 5.69. The molecule has 0 spiro atoms. The van der Waals surface area contributed by atoms with Crippen molar-refractivity contribution in [3.05, 3.63) is 59.7 Å². The number of ether oxygens (including phenoxy) is 2. The van der Waals surface area contributed by atoms with Gasteiger partial charge in [-0.3, -0.25) is 0 Å². The summed E-state index contributed by atoms with van der Waals surface area (Å²) in [5.41, 5.74) is 1.86. The summed E-state index contributed by atoms with van der Waals surface area (Å²) in [4.78, 5) is 11.6. The molecule has 0 unspecified atom stereocenters. The second-order valence-corrected chi connectivity index (χ2v) is 5.69. The van der Waals surface area contributed by atoms with Gasteiger partial charge in [0.2, 0.25) is 0 Å². The number of carboxylic acid groups (broad SMARTS) is 1. The first-order valence-corrected chi connectivity index (χ1v) is 7.62. The highest BCUT2D eigenvalue weighted by molar-refractivity contribution is 5.73. The van der Waals surface area contributed by atoms with Crippen LogP contribution in [0.4, 0.5) is 0 Å². The fourth-order valence-electron chi connectivity index (χ4n) is 2.41. The SMILES string of the molecule is COc1cccc(C[C@@H](Oc2ccccc2C(C)C)C(=O)O)c1. The maximum Gasteiger partial charge on any atom is 0.345 e. The molecule has 23 heavy (non-hydrogen) atoms. The first-order valence-electron chi connectivity index (χ1n) is 7.62. The minimum Gasteiger partial charge on any atom is -0.497 e. The van der Waals surface area contributed by atoms with Crippen molar-refractivity contribution in [1.82, 2.24) is 0 Å². The van der Waals surface area contributed by atoms with Crippen LogP contribution in [0.3, 0.4) is 0 Å². The standard InChI is InChI=1S/C19H22O4/c1-13(2)16-9-4-5-10-17(16)23-18(19(20)21)12-14-7-6-8-15(11-14)22-3/h4-11,13,18H,12H2,1-3H3,(H,20,21)/t18-/m1/s1. The maximum absolute atomic E-state index is 11.6. The largest absolute Gasteiger partial charge is 0.497 e. The molecule has 0 saturated carbocycles. The van der Waals surface area contributed by atoms with Crippen LogP contribution in [0.2, 0.25) is 0 Å². The molecule has 1 N–H and O–H groups in total. The number of carbonyl (C=O) groups is 1. The Kier molecular flexibility index (Phi) is 5.63. The van der Waals surface area contributed by atoms with Crippen molar-refractivity contribution in [2.24, 2.45) is 0 Å². The summed E-state index contributed by atoms with van der Waals surface area (Å²) in [5, 5.41) is 9.50. The molecule has 0 bridgehead atoms. The number of aliphatic carboxylic acids is 1. The Labute approximate surface area is 136 Å². The number of carboxylic acids is 1. The van der Waals surface area contributed by atoms with Crippen molar-refractivity contribution in [2.45, 2.75) is 32.3 Å². The van der Waals surface area contributed by atoms with Gasteiger partial charge >= 0.3 is 5.97 Å². The molecule has 2 aromatic rings. The van der Waals surface area contributed by atoms with Gasteiger partial charge in [0.25, 0.3) is 0 Å². The Morgan fingerprint density at radius 2 is 1.87 bits per heavy atom. The highest BCUT2D eigenvalue weighted by Gasteiger charge is 2.22. The Morgan fingerprint density at radius 1 is 1.13 bits per heavy atom. The maximum atomic E-state index is 11.6. The molecular weight excluding hydrogens is 292 g/mol. The molecule has 0 aromatic heterocycles. The lowest BCUT2D eigenvalue weighted by atomic mass is 10.0. The Morgan fingerprint density at radius 3 is 2.52 bits per heavy atom. The molecule has 122 valence electrons. The third kappa shape index (κ3) is 4.49. The minimum absolute atomic E-state index is 0.262. The summed E-state index contributed by atoms with van der Waals surface area (Å²) in [6.07, 6.45) is -0.666. The Hall–Kier alpha value is -2.49. The van der Waals surface area contributed by atoms with E-state index in [1.165, 1.54) is 0 Å². The van der Waals surface area contributed by atoms with E-state index in [2.05, 4.69) is 13.8 Å². The van der Waals surface area contributed by atoms with Crippen LogP contribution in [0.1, 0.15) is 30.9 Å². The van der Waals surface area contributed by atoms with Crippen LogP contribution in [-0.4, -0.2) is 24.3 Å². The monoisotopic (exact) mass is 314 g/mol. The normalized spacial score (nSPS) is 12.0. The van der Waals surface area contributed by atoms with Gasteiger partial charge in [-0.15, -0.1) is 0 Å². The van der Waals surface area contributed by atoms with Gasteiger partial charge in [0.1, 0.15) is 11.5 Å². The number of benzene rings is 2. The number of methoxy groups -OCH3 is 1. The van der Waals surface area contributed by atoms with E-state index in [0.29, 0.717) is 11.5 Å². The van der Waals surface area contributed by atoms with E-state index in [9.17, 15) is 9.90 Å². The van der Waals surface area contributed by atoms with Crippen LogP contribution in [0, 0.1) is 0 Å². The quantitative estimate of drug-likeness (QED) is 0.842.